The molecule has 0 saturated carbocycles. The second-order valence-corrected chi connectivity index (χ2v) is 9.59. The van der Waals surface area contributed by atoms with Gasteiger partial charge in [-0.05, 0) is 37.1 Å². The van der Waals surface area contributed by atoms with Gasteiger partial charge >= 0.3 is 0 Å². The normalized spacial score (nSPS) is 16.1. The molecule has 4 rings (SSSR count). The Morgan fingerprint density at radius 2 is 1.83 bits per heavy atom. The monoisotopic (exact) mass is 434 g/mol. The molecule has 154 valence electrons. The molecule has 1 fully saturated rings. The van der Waals surface area contributed by atoms with Crippen molar-refractivity contribution in [3.63, 3.8) is 0 Å². The lowest BCUT2D eigenvalue weighted by Gasteiger charge is -2.31. The summed E-state index contributed by atoms with van der Waals surface area (Å²) >= 11 is 1.51. The van der Waals surface area contributed by atoms with E-state index in [0.29, 0.717) is 42.6 Å². The van der Waals surface area contributed by atoms with Crippen LogP contribution in [0.15, 0.2) is 47.4 Å². The van der Waals surface area contributed by atoms with Crippen molar-refractivity contribution in [1.29, 1.82) is 0 Å². The van der Waals surface area contributed by atoms with Gasteiger partial charge < -0.3 is 14.2 Å². The van der Waals surface area contributed by atoms with Gasteiger partial charge in [-0.3, -0.25) is 0 Å². The predicted octanol–water partition coefficient (Wildman–Crippen LogP) is 3.55. The van der Waals surface area contributed by atoms with Crippen LogP contribution in [0.4, 0.5) is 0 Å². The summed E-state index contributed by atoms with van der Waals surface area (Å²) in [4.78, 5) is 4.61. The second-order valence-electron chi connectivity index (χ2n) is 6.69. The van der Waals surface area contributed by atoms with Crippen molar-refractivity contribution < 1.29 is 22.6 Å². The Bertz CT molecular complexity index is 1070. The Hall–Kier alpha value is -2.36. The van der Waals surface area contributed by atoms with Crippen LogP contribution in [0.2, 0.25) is 0 Å². The van der Waals surface area contributed by atoms with Gasteiger partial charge in [0, 0.05) is 19.2 Å². The number of rotatable bonds is 6. The third kappa shape index (κ3) is 4.03. The molecule has 2 aromatic carbocycles. The molecule has 1 aromatic heterocycles. The third-order valence-corrected chi connectivity index (χ3v) is 7.78. The lowest BCUT2D eigenvalue weighted by Crippen LogP contribution is -2.41. The summed E-state index contributed by atoms with van der Waals surface area (Å²) in [6.45, 7) is 0.747. The smallest absolute Gasteiger partial charge is 0.274 e. The fourth-order valence-electron chi connectivity index (χ4n) is 3.36. The Morgan fingerprint density at radius 1 is 1.07 bits per heavy atom. The summed E-state index contributed by atoms with van der Waals surface area (Å²) in [5.41, 5.74) is 0.914. The molecule has 1 aliphatic heterocycles. The summed E-state index contributed by atoms with van der Waals surface area (Å²) in [7, 11) is -0.734. The third-order valence-electron chi connectivity index (χ3n) is 4.93. The molecule has 2 heterocycles. The van der Waals surface area contributed by atoms with Crippen molar-refractivity contribution >= 4 is 31.6 Å². The van der Waals surface area contributed by atoms with Gasteiger partial charge in [-0.15, -0.1) is 0 Å². The summed E-state index contributed by atoms with van der Waals surface area (Å²) in [5, 5.41) is 0.627. The Labute approximate surface area is 173 Å². The van der Waals surface area contributed by atoms with E-state index in [1.165, 1.54) is 35.9 Å². The number of methoxy groups -OCH3 is 2. The second kappa shape index (κ2) is 8.17. The predicted molar refractivity (Wildman–Crippen MR) is 112 cm³/mol. The first-order chi connectivity index (χ1) is 14.0. The number of sulfonamides is 1. The molecule has 0 radical (unpaired) electrons. The summed E-state index contributed by atoms with van der Waals surface area (Å²) in [6.07, 6.45) is 1.14. The zero-order chi connectivity index (χ0) is 20.4. The largest absolute Gasteiger partial charge is 0.497 e. The van der Waals surface area contributed by atoms with E-state index in [-0.39, 0.29) is 11.0 Å². The van der Waals surface area contributed by atoms with Crippen molar-refractivity contribution in [1.82, 2.24) is 9.29 Å². The number of para-hydroxylation sites is 1. The van der Waals surface area contributed by atoms with Crippen LogP contribution in [0.3, 0.4) is 0 Å². The molecule has 0 N–H and O–H groups in total. The number of benzene rings is 2. The molecule has 0 bridgehead atoms. The number of ether oxygens (including phenoxy) is 3. The average molecular weight is 435 g/mol. The first-order valence-electron chi connectivity index (χ1n) is 9.25. The Kier molecular flexibility index (Phi) is 5.62. The molecule has 1 saturated heterocycles. The van der Waals surface area contributed by atoms with Crippen LogP contribution in [0, 0.1) is 0 Å². The minimum atomic E-state index is -3.69. The molecule has 29 heavy (non-hydrogen) atoms. The molecule has 9 heteroatoms. The molecule has 0 spiro atoms. The highest BCUT2D eigenvalue weighted by Gasteiger charge is 2.32. The molecule has 1 aliphatic rings. The molecule has 0 unspecified atom stereocenters. The summed E-state index contributed by atoms with van der Waals surface area (Å²) in [6, 6.07) is 12.7. The molecule has 3 aromatic rings. The maximum Gasteiger partial charge on any atom is 0.274 e. The average Bonchev–Trinajstić information content (AvgIpc) is 3.16. The van der Waals surface area contributed by atoms with E-state index in [0.717, 1.165) is 10.2 Å². The zero-order valence-corrected chi connectivity index (χ0v) is 17.8. The van der Waals surface area contributed by atoms with Crippen molar-refractivity contribution in [3.8, 4) is 16.7 Å². The summed E-state index contributed by atoms with van der Waals surface area (Å²) < 4.78 is 45.3. The first-order valence-corrected chi connectivity index (χ1v) is 11.5. The van der Waals surface area contributed by atoms with Gasteiger partial charge in [0.05, 0.1) is 24.4 Å². The minimum Gasteiger partial charge on any atom is -0.497 e. The Morgan fingerprint density at radius 3 is 2.52 bits per heavy atom. The maximum absolute atomic E-state index is 13.2. The van der Waals surface area contributed by atoms with Crippen LogP contribution in [0.25, 0.3) is 10.2 Å². The number of hydrogen-bond acceptors (Lipinski definition) is 7. The van der Waals surface area contributed by atoms with E-state index in [9.17, 15) is 8.42 Å². The quantitative estimate of drug-likeness (QED) is 0.591. The SMILES string of the molecule is COc1ccc(OC)c(S(=O)(=O)N2CCC(Oc3nc4ccccc4s3)CC2)c1. The maximum atomic E-state index is 13.2. The number of fused-ring (bicyclic) bond motifs is 1. The van der Waals surface area contributed by atoms with Crippen LogP contribution >= 0.6 is 11.3 Å². The van der Waals surface area contributed by atoms with Gasteiger partial charge in [-0.2, -0.15) is 4.31 Å². The molecule has 0 aliphatic carbocycles. The van der Waals surface area contributed by atoms with E-state index in [1.54, 1.807) is 12.1 Å². The minimum absolute atomic E-state index is 0.0609. The molecule has 0 atom stereocenters. The van der Waals surface area contributed by atoms with Gasteiger partial charge in [0.1, 0.15) is 22.5 Å². The van der Waals surface area contributed by atoms with E-state index in [2.05, 4.69) is 4.98 Å². The van der Waals surface area contributed by atoms with Gasteiger partial charge in [-0.25, -0.2) is 13.4 Å². The van der Waals surface area contributed by atoms with Crippen LogP contribution in [0.1, 0.15) is 12.8 Å². The zero-order valence-electron chi connectivity index (χ0n) is 16.2. The highest BCUT2D eigenvalue weighted by molar-refractivity contribution is 7.89. The number of aromatic nitrogens is 1. The van der Waals surface area contributed by atoms with E-state index in [1.807, 2.05) is 24.3 Å². The van der Waals surface area contributed by atoms with Crippen LogP contribution in [-0.2, 0) is 10.0 Å². The molecule has 7 nitrogen and oxygen atoms in total. The standard InChI is InChI=1S/C20H22N2O5S2/c1-25-15-7-8-17(26-2)19(13-15)29(23,24)22-11-9-14(10-12-22)27-20-21-16-5-3-4-6-18(16)28-20/h3-8,13-14H,9-12H2,1-2H3. The lowest BCUT2D eigenvalue weighted by molar-refractivity contribution is 0.135. The molecular formula is C20H22N2O5S2. The lowest BCUT2D eigenvalue weighted by atomic mass is 10.1. The van der Waals surface area contributed by atoms with Crippen LogP contribution < -0.4 is 14.2 Å². The number of nitrogens with zero attached hydrogens (tertiary/aromatic N) is 2. The molecule has 0 amide bonds. The number of hydrogen-bond donors (Lipinski definition) is 0. The highest BCUT2D eigenvalue weighted by Crippen LogP contribution is 2.33. The van der Waals surface area contributed by atoms with Crippen molar-refractivity contribution in [2.45, 2.75) is 23.8 Å². The van der Waals surface area contributed by atoms with E-state index >= 15 is 0 Å². The Balaban J connectivity index is 1.46. The number of piperidine rings is 1. The fourth-order valence-corrected chi connectivity index (χ4v) is 5.88. The van der Waals surface area contributed by atoms with Crippen molar-refractivity contribution in [2.75, 3.05) is 27.3 Å². The molecular weight excluding hydrogens is 412 g/mol. The van der Waals surface area contributed by atoms with Crippen molar-refractivity contribution in [3.05, 3.63) is 42.5 Å². The van der Waals surface area contributed by atoms with Crippen LogP contribution in [-0.4, -0.2) is 51.1 Å². The fraction of sp³-hybridized carbons (Fsp3) is 0.350. The van der Waals surface area contributed by atoms with Crippen LogP contribution in [0.5, 0.6) is 16.7 Å². The van der Waals surface area contributed by atoms with Gasteiger partial charge in [0.2, 0.25) is 10.0 Å². The topological polar surface area (TPSA) is 78.0 Å². The van der Waals surface area contributed by atoms with E-state index < -0.39 is 10.0 Å². The van der Waals surface area contributed by atoms with Gasteiger partial charge in [0.15, 0.2) is 0 Å². The van der Waals surface area contributed by atoms with Crippen molar-refractivity contribution in [2.24, 2.45) is 0 Å². The van der Waals surface area contributed by atoms with E-state index in [4.69, 9.17) is 14.2 Å². The summed E-state index contributed by atoms with van der Waals surface area (Å²) in [5.74, 6) is 0.775. The van der Waals surface area contributed by atoms with Gasteiger partial charge in [-0.1, -0.05) is 23.5 Å². The number of thiazole rings is 1. The first kappa shape index (κ1) is 19.9. The highest BCUT2D eigenvalue weighted by atomic mass is 32.2. The van der Waals surface area contributed by atoms with Gasteiger partial charge in [0.25, 0.3) is 5.19 Å².